The fourth-order valence-electron chi connectivity index (χ4n) is 12.1. The Balaban J connectivity index is 0.863. The lowest BCUT2D eigenvalue weighted by Crippen LogP contribution is -2.59. The van der Waals surface area contributed by atoms with Gasteiger partial charge in [-0.15, -0.1) is 0 Å². The van der Waals surface area contributed by atoms with Crippen LogP contribution in [0.5, 0.6) is 0 Å². The number of aliphatic carboxylic acids is 1. The van der Waals surface area contributed by atoms with Gasteiger partial charge < -0.3 is 63.4 Å². The lowest BCUT2D eigenvalue weighted by atomic mass is 9.87. The Bertz CT molecular complexity index is 1740. The molecule has 0 amide bonds. The standard InChI is InChI=1S/C47H72O15/c1-26(10-11-33-30(48)22-37(56-33)47(54)39(50)28(3)14-20-55-47)21-27(2)23-42(5)16-13-36(60-42)46-19-18-43(6,62-46)25-35(59-46)38-31(49)24-44(7,61-38)40(51)34-12-17-45(58-34)15-8-9-32(57-45)29(4)41(52)53/h10-11,21,27-30,32-40,48,50-51,54H,8-9,12-20,22-25H2,1-7H3,(H,52,53). The second-order valence-corrected chi connectivity index (χ2v) is 21.2. The highest BCUT2D eigenvalue weighted by Crippen LogP contribution is 2.55. The number of fused-ring (bicyclic) bond motifs is 2. The molecule has 0 aromatic rings. The van der Waals surface area contributed by atoms with Gasteiger partial charge in [-0.1, -0.05) is 37.6 Å². The molecule has 62 heavy (non-hydrogen) atoms. The number of ketones is 1. The van der Waals surface area contributed by atoms with Gasteiger partial charge in [0.2, 0.25) is 5.79 Å². The van der Waals surface area contributed by atoms with Gasteiger partial charge in [-0.2, -0.15) is 0 Å². The molecule has 0 aromatic heterocycles. The van der Waals surface area contributed by atoms with Crippen molar-refractivity contribution < 1.29 is 73.0 Å². The third kappa shape index (κ3) is 8.89. The first-order valence-corrected chi connectivity index (χ1v) is 23.4. The van der Waals surface area contributed by atoms with Gasteiger partial charge in [0.1, 0.15) is 42.2 Å². The molecule has 8 fully saturated rings. The van der Waals surface area contributed by atoms with Gasteiger partial charge in [-0.05, 0) is 97.8 Å². The van der Waals surface area contributed by atoms with Crippen molar-refractivity contribution >= 4 is 11.8 Å². The second kappa shape index (κ2) is 17.1. The number of hydrogen-bond donors (Lipinski definition) is 5. The van der Waals surface area contributed by atoms with E-state index >= 15 is 0 Å². The summed E-state index contributed by atoms with van der Waals surface area (Å²) in [6.45, 7) is 13.9. The van der Waals surface area contributed by atoms with Crippen LogP contribution in [-0.4, -0.2) is 139 Å². The number of rotatable bonds is 12. The first kappa shape index (κ1) is 46.7. The average Bonchev–Trinajstić information content (AvgIpc) is 4.02. The highest BCUT2D eigenvalue weighted by atomic mass is 16.8. The molecule has 0 aliphatic carbocycles. The Kier molecular flexibility index (Phi) is 12.9. The Morgan fingerprint density at radius 1 is 0.919 bits per heavy atom. The van der Waals surface area contributed by atoms with Gasteiger partial charge in [0.25, 0.3) is 0 Å². The van der Waals surface area contributed by atoms with Crippen LogP contribution in [0.4, 0.5) is 0 Å². The topological polar surface area (TPSA) is 209 Å². The summed E-state index contributed by atoms with van der Waals surface area (Å²) in [6, 6.07) is 0. The molecule has 8 saturated heterocycles. The number of aliphatic hydroxyl groups excluding tert-OH is 3. The summed E-state index contributed by atoms with van der Waals surface area (Å²) >= 11 is 0. The molecular formula is C47H72O15. The number of carbonyl (C=O) groups is 2. The molecule has 15 nitrogen and oxygen atoms in total. The van der Waals surface area contributed by atoms with Crippen LogP contribution in [0.1, 0.15) is 138 Å². The Labute approximate surface area is 365 Å². The average molecular weight is 877 g/mol. The SMILES string of the molecule is CC(C=CC1OC(C2(O)OCCC(C)C2O)CC1O)=CC(C)CC1(C)CCC(C23CCC(C)(CC(C4OC(C)(C(O)C5CCC6(CCCC(C(C)C(=O)O)O6)O5)CC4=O)O2)O3)O1. The molecule has 0 radical (unpaired) electrons. The van der Waals surface area contributed by atoms with E-state index in [0.717, 1.165) is 37.7 Å². The van der Waals surface area contributed by atoms with Crippen molar-refractivity contribution in [2.75, 3.05) is 6.61 Å². The molecule has 19 atom stereocenters. The van der Waals surface area contributed by atoms with Crippen LogP contribution in [0.2, 0.25) is 0 Å². The van der Waals surface area contributed by atoms with Crippen LogP contribution in [-0.2, 0) is 47.5 Å². The molecule has 19 unspecified atom stereocenters. The molecule has 8 aliphatic rings. The third-order valence-electron chi connectivity index (χ3n) is 15.7. The van der Waals surface area contributed by atoms with Crippen LogP contribution in [0.25, 0.3) is 0 Å². The summed E-state index contributed by atoms with van der Waals surface area (Å²) in [5.41, 5.74) is -1.22. The minimum Gasteiger partial charge on any atom is -0.481 e. The smallest absolute Gasteiger partial charge is 0.308 e. The zero-order valence-electron chi connectivity index (χ0n) is 37.7. The van der Waals surface area contributed by atoms with Crippen molar-refractivity contribution in [2.24, 2.45) is 17.8 Å². The lowest BCUT2D eigenvalue weighted by Gasteiger charge is -2.47. The summed E-state index contributed by atoms with van der Waals surface area (Å²) in [7, 11) is 0. The van der Waals surface area contributed by atoms with E-state index in [1.54, 1.807) is 19.9 Å². The number of allylic oxidation sites excluding steroid dienone is 3. The van der Waals surface area contributed by atoms with Crippen molar-refractivity contribution in [1.82, 2.24) is 0 Å². The van der Waals surface area contributed by atoms with Crippen molar-refractivity contribution in [3.8, 4) is 0 Å². The second-order valence-electron chi connectivity index (χ2n) is 21.2. The maximum absolute atomic E-state index is 13.9. The van der Waals surface area contributed by atoms with E-state index in [-0.39, 0.29) is 36.6 Å². The van der Waals surface area contributed by atoms with Crippen LogP contribution in [0, 0.1) is 17.8 Å². The Hall–Kier alpha value is -1.86. The minimum absolute atomic E-state index is 0.00421. The number of carbonyl (C=O) groups excluding carboxylic acids is 1. The number of Topliss-reactive ketones (excluding diaryl/α,β-unsaturated/α-hetero) is 1. The third-order valence-corrected chi connectivity index (χ3v) is 15.7. The number of hydrogen-bond acceptors (Lipinski definition) is 14. The van der Waals surface area contributed by atoms with Crippen molar-refractivity contribution in [3.63, 3.8) is 0 Å². The predicted octanol–water partition coefficient (Wildman–Crippen LogP) is 4.77. The van der Waals surface area contributed by atoms with E-state index in [9.17, 15) is 35.1 Å². The fourth-order valence-corrected chi connectivity index (χ4v) is 12.1. The normalized spacial score (nSPS) is 50.2. The van der Waals surface area contributed by atoms with Gasteiger partial charge in [0.05, 0.1) is 48.1 Å². The molecule has 0 aromatic carbocycles. The van der Waals surface area contributed by atoms with Crippen molar-refractivity contribution in [1.29, 1.82) is 0 Å². The molecule has 350 valence electrons. The molecule has 8 rings (SSSR count). The largest absolute Gasteiger partial charge is 0.481 e. The van der Waals surface area contributed by atoms with E-state index in [1.165, 1.54) is 0 Å². The molecule has 8 heterocycles. The van der Waals surface area contributed by atoms with Crippen LogP contribution >= 0.6 is 0 Å². The lowest BCUT2D eigenvalue weighted by molar-refractivity contribution is -0.359. The highest BCUT2D eigenvalue weighted by Gasteiger charge is 2.64. The number of carboxylic acids is 1. The zero-order chi connectivity index (χ0) is 44.6. The Morgan fingerprint density at radius 3 is 2.44 bits per heavy atom. The molecule has 5 N–H and O–H groups in total. The van der Waals surface area contributed by atoms with Crippen LogP contribution < -0.4 is 0 Å². The molecule has 0 saturated carbocycles. The molecule has 15 heteroatoms. The maximum atomic E-state index is 13.9. The number of carboxylic acid groups (broad SMARTS) is 1. The Morgan fingerprint density at radius 2 is 1.68 bits per heavy atom. The zero-order valence-corrected chi connectivity index (χ0v) is 37.7. The summed E-state index contributed by atoms with van der Waals surface area (Å²) in [5.74, 6) is -5.58. The van der Waals surface area contributed by atoms with Crippen LogP contribution in [0.15, 0.2) is 23.8 Å². The van der Waals surface area contributed by atoms with Gasteiger partial charge in [-0.3, -0.25) is 9.59 Å². The van der Waals surface area contributed by atoms with Crippen molar-refractivity contribution in [3.05, 3.63) is 23.8 Å². The van der Waals surface area contributed by atoms with E-state index in [0.29, 0.717) is 51.6 Å². The number of ether oxygens (including phenoxy) is 8. The van der Waals surface area contributed by atoms with Gasteiger partial charge in [0, 0.05) is 38.5 Å². The van der Waals surface area contributed by atoms with E-state index < -0.39 is 101 Å². The van der Waals surface area contributed by atoms with Crippen LogP contribution in [0.3, 0.4) is 0 Å². The first-order chi connectivity index (χ1) is 29.1. The van der Waals surface area contributed by atoms with E-state index in [1.807, 2.05) is 19.9 Å². The summed E-state index contributed by atoms with van der Waals surface area (Å²) in [4.78, 5) is 25.5. The quantitative estimate of drug-likeness (QED) is 0.167. The summed E-state index contributed by atoms with van der Waals surface area (Å²) < 4.78 is 51.4. The number of aliphatic hydroxyl groups is 4. The van der Waals surface area contributed by atoms with E-state index in [4.69, 9.17) is 37.9 Å². The predicted molar refractivity (Wildman–Crippen MR) is 221 cm³/mol. The first-order valence-electron chi connectivity index (χ1n) is 23.4. The summed E-state index contributed by atoms with van der Waals surface area (Å²) in [6.07, 6.45) is 6.29. The molecule has 1 spiro atoms. The summed E-state index contributed by atoms with van der Waals surface area (Å²) in [5, 5.41) is 54.0. The monoisotopic (exact) mass is 876 g/mol. The van der Waals surface area contributed by atoms with Gasteiger partial charge in [0.15, 0.2) is 17.4 Å². The molecule has 2 bridgehead atoms. The fraction of sp³-hybridized carbons (Fsp3) is 0.872. The highest BCUT2D eigenvalue weighted by molar-refractivity contribution is 5.86. The minimum atomic E-state index is -1.86. The van der Waals surface area contributed by atoms with Gasteiger partial charge >= 0.3 is 5.97 Å². The van der Waals surface area contributed by atoms with Crippen molar-refractivity contribution in [2.45, 2.75) is 234 Å². The van der Waals surface area contributed by atoms with E-state index in [2.05, 4.69) is 26.8 Å². The maximum Gasteiger partial charge on any atom is 0.308 e. The molecular weight excluding hydrogens is 805 g/mol. The molecule has 8 aliphatic heterocycles. The van der Waals surface area contributed by atoms with Gasteiger partial charge in [-0.25, -0.2) is 0 Å².